The highest BCUT2D eigenvalue weighted by Gasteiger charge is 2.25. The number of carbonyl (C=O) groups excluding carboxylic acids is 2. The molecule has 1 heterocycles. The fourth-order valence-corrected chi connectivity index (χ4v) is 3.72. The standard InChI is InChI=1S/C22H25Cl2N3O3/c1-14(16-6-8-18(9-7-16)25-15(2)28)22(29)26-20-13-27(10-11-30-20)12-17-4-3-5-19(23)21(17)24/h3-9,14,20H,10-13H2,1-2H3,(H,25,28)(H,26,29). The Morgan fingerprint density at radius 1 is 1.20 bits per heavy atom. The monoisotopic (exact) mass is 449 g/mol. The maximum Gasteiger partial charge on any atom is 0.229 e. The maximum atomic E-state index is 12.7. The van der Waals surface area contributed by atoms with E-state index >= 15 is 0 Å². The van der Waals surface area contributed by atoms with Crippen LogP contribution in [0.4, 0.5) is 5.69 Å². The van der Waals surface area contributed by atoms with E-state index in [9.17, 15) is 9.59 Å². The van der Waals surface area contributed by atoms with E-state index < -0.39 is 6.23 Å². The first-order valence-electron chi connectivity index (χ1n) is 9.78. The smallest absolute Gasteiger partial charge is 0.229 e. The van der Waals surface area contributed by atoms with E-state index in [0.717, 1.165) is 17.7 Å². The van der Waals surface area contributed by atoms with Gasteiger partial charge in [0.1, 0.15) is 6.23 Å². The average molecular weight is 450 g/mol. The Morgan fingerprint density at radius 3 is 2.63 bits per heavy atom. The zero-order valence-corrected chi connectivity index (χ0v) is 18.5. The van der Waals surface area contributed by atoms with Crippen LogP contribution in [0.15, 0.2) is 42.5 Å². The molecule has 0 bridgehead atoms. The number of benzene rings is 2. The number of hydrogen-bond donors (Lipinski definition) is 2. The van der Waals surface area contributed by atoms with Crippen LogP contribution in [0.2, 0.25) is 10.0 Å². The number of rotatable bonds is 6. The Balaban J connectivity index is 1.56. The highest BCUT2D eigenvalue weighted by atomic mass is 35.5. The maximum absolute atomic E-state index is 12.7. The van der Waals surface area contributed by atoms with Crippen molar-refractivity contribution < 1.29 is 14.3 Å². The fraction of sp³-hybridized carbons (Fsp3) is 0.364. The minimum atomic E-state index is -0.398. The highest BCUT2D eigenvalue weighted by molar-refractivity contribution is 6.42. The van der Waals surface area contributed by atoms with Gasteiger partial charge in [0.25, 0.3) is 0 Å². The molecule has 2 N–H and O–H groups in total. The van der Waals surface area contributed by atoms with Gasteiger partial charge >= 0.3 is 0 Å². The first-order valence-corrected chi connectivity index (χ1v) is 10.5. The molecule has 30 heavy (non-hydrogen) atoms. The summed E-state index contributed by atoms with van der Waals surface area (Å²) in [7, 11) is 0. The van der Waals surface area contributed by atoms with Crippen molar-refractivity contribution in [3.8, 4) is 0 Å². The molecule has 2 atom stereocenters. The number of halogens is 2. The molecule has 6 nitrogen and oxygen atoms in total. The third-order valence-corrected chi connectivity index (χ3v) is 5.86. The van der Waals surface area contributed by atoms with Crippen molar-refractivity contribution in [1.82, 2.24) is 10.2 Å². The normalized spacial score (nSPS) is 17.9. The van der Waals surface area contributed by atoms with Crippen LogP contribution in [-0.2, 0) is 20.9 Å². The number of nitrogens with zero attached hydrogens (tertiary/aromatic N) is 1. The van der Waals surface area contributed by atoms with Gasteiger partial charge < -0.3 is 15.4 Å². The van der Waals surface area contributed by atoms with E-state index in [1.54, 1.807) is 18.2 Å². The van der Waals surface area contributed by atoms with E-state index in [2.05, 4.69) is 15.5 Å². The topological polar surface area (TPSA) is 70.7 Å². The number of nitrogens with one attached hydrogen (secondary N) is 2. The summed E-state index contributed by atoms with van der Waals surface area (Å²) in [5, 5.41) is 6.78. The van der Waals surface area contributed by atoms with Gasteiger partial charge in [-0.1, -0.05) is 47.5 Å². The Hall–Kier alpha value is -2.12. The van der Waals surface area contributed by atoms with Crippen molar-refractivity contribution >= 4 is 40.7 Å². The van der Waals surface area contributed by atoms with Crippen molar-refractivity contribution in [2.75, 3.05) is 25.0 Å². The van der Waals surface area contributed by atoms with Crippen LogP contribution >= 0.6 is 23.2 Å². The summed E-state index contributed by atoms with van der Waals surface area (Å²) >= 11 is 12.4. The Morgan fingerprint density at radius 2 is 1.93 bits per heavy atom. The number of hydrogen-bond acceptors (Lipinski definition) is 4. The van der Waals surface area contributed by atoms with E-state index in [1.807, 2.05) is 31.2 Å². The number of ether oxygens (including phenoxy) is 1. The van der Waals surface area contributed by atoms with Gasteiger partial charge in [-0.2, -0.15) is 0 Å². The number of anilines is 1. The van der Waals surface area contributed by atoms with Crippen molar-refractivity contribution in [2.45, 2.75) is 32.5 Å². The molecule has 3 rings (SSSR count). The van der Waals surface area contributed by atoms with E-state index in [0.29, 0.717) is 35.4 Å². The molecule has 2 aromatic rings. The van der Waals surface area contributed by atoms with Crippen LogP contribution in [-0.4, -0.2) is 42.6 Å². The number of carbonyl (C=O) groups is 2. The van der Waals surface area contributed by atoms with Crippen LogP contribution in [0.5, 0.6) is 0 Å². The van der Waals surface area contributed by atoms with Gasteiger partial charge in [-0.05, 0) is 36.2 Å². The van der Waals surface area contributed by atoms with Gasteiger partial charge in [-0.3, -0.25) is 14.5 Å². The molecule has 0 aromatic heterocycles. The molecule has 1 saturated heterocycles. The summed E-state index contributed by atoms with van der Waals surface area (Å²) in [6.45, 7) is 5.75. The Kier molecular flexibility index (Phi) is 7.72. The minimum Gasteiger partial charge on any atom is -0.356 e. The summed E-state index contributed by atoms with van der Waals surface area (Å²) in [5.41, 5.74) is 2.51. The third-order valence-electron chi connectivity index (χ3n) is 5.00. The summed E-state index contributed by atoms with van der Waals surface area (Å²) in [6.07, 6.45) is -0.398. The zero-order chi connectivity index (χ0) is 21.7. The molecule has 160 valence electrons. The summed E-state index contributed by atoms with van der Waals surface area (Å²) in [6, 6.07) is 12.8. The number of morpholine rings is 1. The quantitative estimate of drug-likeness (QED) is 0.698. The largest absolute Gasteiger partial charge is 0.356 e. The van der Waals surface area contributed by atoms with Crippen LogP contribution in [0, 0.1) is 0 Å². The lowest BCUT2D eigenvalue weighted by molar-refractivity contribution is -0.130. The number of amides is 2. The van der Waals surface area contributed by atoms with Gasteiger partial charge in [0.05, 0.1) is 22.6 Å². The molecular formula is C22H25Cl2N3O3. The second-order valence-electron chi connectivity index (χ2n) is 7.34. The Bertz CT molecular complexity index is 905. The summed E-state index contributed by atoms with van der Waals surface area (Å²) < 4.78 is 5.74. The molecule has 1 fully saturated rings. The van der Waals surface area contributed by atoms with Crippen molar-refractivity contribution in [2.24, 2.45) is 0 Å². The molecular weight excluding hydrogens is 425 g/mol. The van der Waals surface area contributed by atoms with Crippen molar-refractivity contribution in [1.29, 1.82) is 0 Å². The second-order valence-corrected chi connectivity index (χ2v) is 8.13. The lowest BCUT2D eigenvalue weighted by Crippen LogP contribution is -2.51. The van der Waals surface area contributed by atoms with Crippen LogP contribution in [0.1, 0.15) is 30.9 Å². The second kappa shape index (κ2) is 10.3. The first kappa shape index (κ1) is 22.6. The molecule has 8 heteroatoms. The molecule has 1 aliphatic heterocycles. The molecule has 2 amide bonds. The summed E-state index contributed by atoms with van der Waals surface area (Å²) in [4.78, 5) is 26.0. The van der Waals surface area contributed by atoms with Crippen molar-refractivity contribution in [3.05, 3.63) is 63.6 Å². The Labute approximate surface area is 186 Å². The molecule has 0 aliphatic carbocycles. The molecule has 1 aliphatic rings. The highest BCUT2D eigenvalue weighted by Crippen LogP contribution is 2.27. The lowest BCUT2D eigenvalue weighted by Gasteiger charge is -2.34. The predicted molar refractivity (Wildman–Crippen MR) is 119 cm³/mol. The van der Waals surface area contributed by atoms with Gasteiger partial charge in [0.2, 0.25) is 11.8 Å². The van der Waals surface area contributed by atoms with Crippen LogP contribution < -0.4 is 10.6 Å². The third kappa shape index (κ3) is 5.95. The zero-order valence-electron chi connectivity index (χ0n) is 17.0. The molecule has 0 spiro atoms. The molecule has 2 unspecified atom stereocenters. The van der Waals surface area contributed by atoms with E-state index in [-0.39, 0.29) is 17.7 Å². The van der Waals surface area contributed by atoms with Crippen molar-refractivity contribution in [3.63, 3.8) is 0 Å². The lowest BCUT2D eigenvalue weighted by atomic mass is 10.00. The van der Waals surface area contributed by atoms with Crippen LogP contribution in [0.25, 0.3) is 0 Å². The predicted octanol–water partition coefficient (Wildman–Crippen LogP) is 4.03. The molecule has 0 radical (unpaired) electrons. The SMILES string of the molecule is CC(=O)Nc1ccc(C(C)C(=O)NC2CN(Cc3cccc(Cl)c3Cl)CCO2)cc1. The molecule has 2 aromatic carbocycles. The average Bonchev–Trinajstić information content (AvgIpc) is 2.71. The van der Waals surface area contributed by atoms with Gasteiger partial charge in [0.15, 0.2) is 0 Å². The first-order chi connectivity index (χ1) is 14.3. The van der Waals surface area contributed by atoms with Gasteiger partial charge in [0, 0.05) is 32.2 Å². The summed E-state index contributed by atoms with van der Waals surface area (Å²) in [5.74, 6) is -0.598. The minimum absolute atomic E-state index is 0.116. The van der Waals surface area contributed by atoms with Crippen LogP contribution in [0.3, 0.4) is 0 Å². The van der Waals surface area contributed by atoms with E-state index in [4.69, 9.17) is 27.9 Å². The van der Waals surface area contributed by atoms with Gasteiger partial charge in [-0.25, -0.2) is 0 Å². The molecule has 0 saturated carbocycles. The van der Waals surface area contributed by atoms with E-state index in [1.165, 1.54) is 6.92 Å². The van der Waals surface area contributed by atoms with Gasteiger partial charge in [-0.15, -0.1) is 0 Å². The fourth-order valence-electron chi connectivity index (χ4n) is 3.34.